The molecule has 4 aromatic rings. The van der Waals surface area contributed by atoms with Crippen molar-refractivity contribution in [3.05, 3.63) is 60.9 Å². The SMILES string of the molecule is Nc1ncnc2c1c(-c1ccc(Oc3ccccc3)cc1)nn2C1CCCN(C(=O)CCCNC(=O)O)C1. The highest BCUT2D eigenvalue weighted by molar-refractivity contribution is 5.98. The quantitative estimate of drug-likeness (QED) is 0.297. The van der Waals surface area contributed by atoms with Gasteiger partial charge in [0.05, 0.1) is 11.4 Å². The molecular weight excluding hydrogens is 486 g/mol. The maximum atomic E-state index is 12.8. The zero-order valence-corrected chi connectivity index (χ0v) is 20.8. The summed E-state index contributed by atoms with van der Waals surface area (Å²) in [4.78, 5) is 33.9. The zero-order valence-electron chi connectivity index (χ0n) is 20.8. The molecule has 0 bridgehead atoms. The number of benzene rings is 2. The van der Waals surface area contributed by atoms with E-state index in [-0.39, 0.29) is 24.9 Å². The molecule has 0 radical (unpaired) electrons. The van der Waals surface area contributed by atoms with E-state index in [0.717, 1.165) is 24.2 Å². The van der Waals surface area contributed by atoms with E-state index in [0.29, 0.717) is 47.8 Å². The number of rotatable bonds is 8. The average Bonchev–Trinajstić information content (AvgIpc) is 3.33. The van der Waals surface area contributed by atoms with E-state index in [1.165, 1.54) is 6.33 Å². The normalized spacial score (nSPS) is 15.4. The number of carbonyl (C=O) groups excluding carboxylic acids is 1. The predicted octanol–water partition coefficient (Wildman–Crippen LogP) is 4.08. The Bertz CT molecular complexity index is 1420. The van der Waals surface area contributed by atoms with Gasteiger partial charge in [-0.05, 0) is 55.7 Å². The predicted molar refractivity (Wildman–Crippen MR) is 142 cm³/mol. The van der Waals surface area contributed by atoms with Gasteiger partial charge in [0, 0.05) is 31.6 Å². The standard InChI is InChI=1S/C27H29N7O4/c28-25-23-24(18-10-12-21(13-11-18)38-20-7-2-1-3-8-20)32-34(26(23)31-17-30-25)19-6-5-15-33(16-19)22(35)9-4-14-29-27(36)37/h1-3,7-8,10-13,17,19,29H,4-6,9,14-16H2,(H,36,37)(H2,28,30,31). The van der Waals surface area contributed by atoms with Crippen molar-refractivity contribution in [2.45, 2.75) is 31.7 Å². The summed E-state index contributed by atoms with van der Waals surface area (Å²) in [6.45, 7) is 1.40. The number of aromatic nitrogens is 4. The Labute approximate surface area is 219 Å². The number of nitrogens with one attached hydrogen (secondary N) is 1. The number of anilines is 1. The summed E-state index contributed by atoms with van der Waals surface area (Å²) in [5, 5.41) is 16.6. The van der Waals surface area contributed by atoms with Crippen LogP contribution in [0.4, 0.5) is 10.6 Å². The van der Waals surface area contributed by atoms with Crippen LogP contribution in [0.5, 0.6) is 11.5 Å². The summed E-state index contributed by atoms with van der Waals surface area (Å²) in [5.74, 6) is 1.80. The molecule has 38 heavy (non-hydrogen) atoms. The molecule has 1 fully saturated rings. The topological polar surface area (TPSA) is 148 Å². The maximum absolute atomic E-state index is 12.8. The molecule has 196 valence electrons. The number of carbonyl (C=O) groups is 2. The lowest BCUT2D eigenvalue weighted by molar-refractivity contribution is -0.133. The van der Waals surface area contributed by atoms with Crippen molar-refractivity contribution >= 4 is 28.9 Å². The van der Waals surface area contributed by atoms with Crippen LogP contribution < -0.4 is 15.8 Å². The third-order valence-corrected chi connectivity index (χ3v) is 6.56. The fraction of sp³-hybridized carbons (Fsp3) is 0.296. The number of nitrogens with two attached hydrogens (primary N) is 1. The van der Waals surface area contributed by atoms with Crippen molar-refractivity contribution in [2.75, 3.05) is 25.4 Å². The molecule has 1 saturated heterocycles. The molecule has 11 nitrogen and oxygen atoms in total. The van der Waals surface area contributed by atoms with E-state index in [4.69, 9.17) is 20.7 Å². The first-order valence-corrected chi connectivity index (χ1v) is 12.6. The second-order valence-corrected chi connectivity index (χ2v) is 9.16. The van der Waals surface area contributed by atoms with Gasteiger partial charge >= 0.3 is 6.09 Å². The van der Waals surface area contributed by atoms with Crippen molar-refractivity contribution in [1.82, 2.24) is 30.0 Å². The molecule has 11 heteroatoms. The van der Waals surface area contributed by atoms with Crippen LogP contribution >= 0.6 is 0 Å². The van der Waals surface area contributed by atoms with E-state index in [9.17, 15) is 9.59 Å². The first kappa shape index (κ1) is 25.0. The van der Waals surface area contributed by atoms with Gasteiger partial charge in [0.2, 0.25) is 5.91 Å². The van der Waals surface area contributed by atoms with Crippen LogP contribution in [-0.4, -0.2) is 61.4 Å². The molecule has 1 unspecified atom stereocenters. The number of likely N-dealkylation sites (tertiary alicyclic amines) is 1. The Morgan fingerprint density at radius 1 is 1.08 bits per heavy atom. The lowest BCUT2D eigenvalue weighted by Gasteiger charge is -2.33. The summed E-state index contributed by atoms with van der Waals surface area (Å²) in [5.41, 5.74) is 8.45. The first-order valence-electron chi connectivity index (χ1n) is 12.6. The summed E-state index contributed by atoms with van der Waals surface area (Å²) in [6.07, 6.45) is 2.74. The van der Waals surface area contributed by atoms with Gasteiger partial charge in [-0.15, -0.1) is 0 Å². The van der Waals surface area contributed by atoms with Crippen molar-refractivity contribution < 1.29 is 19.4 Å². The Morgan fingerprint density at radius 3 is 2.61 bits per heavy atom. The van der Waals surface area contributed by atoms with Gasteiger partial charge < -0.3 is 25.8 Å². The number of nitrogen functional groups attached to an aromatic ring is 1. The molecule has 2 amide bonds. The molecule has 1 atom stereocenters. The Balaban J connectivity index is 1.37. The van der Waals surface area contributed by atoms with Crippen molar-refractivity contribution in [3.63, 3.8) is 0 Å². The number of amides is 2. The molecule has 4 N–H and O–H groups in total. The third-order valence-electron chi connectivity index (χ3n) is 6.56. The van der Waals surface area contributed by atoms with Gasteiger partial charge in [-0.1, -0.05) is 18.2 Å². The van der Waals surface area contributed by atoms with Crippen LogP contribution in [0.2, 0.25) is 0 Å². The Morgan fingerprint density at radius 2 is 1.84 bits per heavy atom. The number of piperidine rings is 1. The van der Waals surface area contributed by atoms with Gasteiger partial charge in [-0.25, -0.2) is 19.4 Å². The van der Waals surface area contributed by atoms with Crippen molar-refractivity contribution in [1.29, 1.82) is 0 Å². The van der Waals surface area contributed by atoms with Crippen LogP contribution in [-0.2, 0) is 4.79 Å². The van der Waals surface area contributed by atoms with Crippen LogP contribution in [0.1, 0.15) is 31.7 Å². The van der Waals surface area contributed by atoms with E-state index in [1.807, 2.05) is 64.2 Å². The van der Waals surface area contributed by atoms with Crippen LogP contribution in [0, 0.1) is 0 Å². The van der Waals surface area contributed by atoms with Gasteiger partial charge in [0.1, 0.15) is 29.3 Å². The van der Waals surface area contributed by atoms with Crippen molar-refractivity contribution in [2.24, 2.45) is 0 Å². The van der Waals surface area contributed by atoms with E-state index >= 15 is 0 Å². The lowest BCUT2D eigenvalue weighted by Crippen LogP contribution is -2.41. The molecule has 5 rings (SSSR count). The molecule has 3 heterocycles. The van der Waals surface area contributed by atoms with Gasteiger partial charge in [-0.3, -0.25) is 4.79 Å². The maximum Gasteiger partial charge on any atom is 0.404 e. The number of nitrogens with zero attached hydrogens (tertiary/aromatic N) is 5. The molecule has 0 saturated carbocycles. The molecule has 1 aliphatic rings. The number of hydrogen-bond donors (Lipinski definition) is 3. The van der Waals surface area contributed by atoms with Crippen LogP contribution in [0.25, 0.3) is 22.3 Å². The molecular formula is C27H29N7O4. The molecule has 0 spiro atoms. The van der Waals surface area contributed by atoms with Gasteiger partial charge in [0.15, 0.2) is 5.65 Å². The number of carboxylic acid groups (broad SMARTS) is 1. The monoisotopic (exact) mass is 515 g/mol. The molecule has 1 aliphatic heterocycles. The molecule has 2 aromatic carbocycles. The number of para-hydroxylation sites is 1. The number of ether oxygens (including phenoxy) is 1. The first-order chi connectivity index (χ1) is 18.5. The minimum absolute atomic E-state index is 0.00159. The average molecular weight is 516 g/mol. The number of hydrogen-bond acceptors (Lipinski definition) is 7. The zero-order chi connectivity index (χ0) is 26.5. The Hall–Kier alpha value is -4.67. The minimum atomic E-state index is -1.09. The fourth-order valence-corrected chi connectivity index (χ4v) is 4.73. The number of fused-ring (bicyclic) bond motifs is 1. The smallest absolute Gasteiger partial charge is 0.404 e. The van der Waals surface area contributed by atoms with E-state index in [1.54, 1.807) is 0 Å². The lowest BCUT2D eigenvalue weighted by atomic mass is 10.1. The highest BCUT2D eigenvalue weighted by Gasteiger charge is 2.28. The third kappa shape index (κ3) is 5.51. The summed E-state index contributed by atoms with van der Waals surface area (Å²) in [7, 11) is 0. The highest BCUT2D eigenvalue weighted by Crippen LogP contribution is 2.35. The molecule has 2 aromatic heterocycles. The molecule has 0 aliphatic carbocycles. The summed E-state index contributed by atoms with van der Waals surface area (Å²) >= 11 is 0. The second kappa shape index (κ2) is 11.2. The highest BCUT2D eigenvalue weighted by atomic mass is 16.5. The van der Waals surface area contributed by atoms with Crippen LogP contribution in [0.15, 0.2) is 60.9 Å². The largest absolute Gasteiger partial charge is 0.465 e. The Kier molecular flexibility index (Phi) is 7.34. The van der Waals surface area contributed by atoms with E-state index < -0.39 is 6.09 Å². The summed E-state index contributed by atoms with van der Waals surface area (Å²) in [6, 6.07) is 17.1. The summed E-state index contributed by atoms with van der Waals surface area (Å²) < 4.78 is 7.78. The minimum Gasteiger partial charge on any atom is -0.465 e. The van der Waals surface area contributed by atoms with Crippen LogP contribution in [0.3, 0.4) is 0 Å². The van der Waals surface area contributed by atoms with Crippen molar-refractivity contribution in [3.8, 4) is 22.8 Å². The van der Waals surface area contributed by atoms with Gasteiger partial charge in [-0.2, -0.15) is 5.10 Å². The van der Waals surface area contributed by atoms with Gasteiger partial charge in [0.25, 0.3) is 0 Å². The van der Waals surface area contributed by atoms with E-state index in [2.05, 4.69) is 15.3 Å². The fourth-order valence-electron chi connectivity index (χ4n) is 4.73. The second-order valence-electron chi connectivity index (χ2n) is 9.16.